The standard InChI is InChI=1S/C16H17FN2O4/c17-13-7-11(6-10-4-9(8-20)5-12(10)13)18-15(21)14-2-1-3-19(14)16(22)23/h6-9,14H,1-5H2,(H,18,21)(H,22,23)/t9?,14-/m0/s1. The molecule has 0 bridgehead atoms. The van der Waals surface area contributed by atoms with Crippen molar-refractivity contribution in [3.05, 3.63) is 29.1 Å². The third kappa shape index (κ3) is 2.91. The van der Waals surface area contributed by atoms with E-state index in [1.165, 1.54) is 6.07 Å². The summed E-state index contributed by atoms with van der Waals surface area (Å²) in [5.74, 6) is -1.11. The number of amides is 2. The zero-order chi connectivity index (χ0) is 16.6. The summed E-state index contributed by atoms with van der Waals surface area (Å²) in [6, 6.07) is 2.15. The molecule has 1 fully saturated rings. The van der Waals surface area contributed by atoms with Gasteiger partial charge in [-0.3, -0.25) is 9.69 Å². The van der Waals surface area contributed by atoms with Gasteiger partial charge in [0.25, 0.3) is 0 Å². The van der Waals surface area contributed by atoms with Crippen LogP contribution in [0.5, 0.6) is 0 Å². The number of nitrogens with one attached hydrogen (secondary N) is 1. The number of benzene rings is 1. The predicted molar refractivity (Wildman–Crippen MR) is 79.7 cm³/mol. The molecule has 0 radical (unpaired) electrons. The summed E-state index contributed by atoms with van der Waals surface area (Å²) >= 11 is 0. The van der Waals surface area contributed by atoms with Gasteiger partial charge < -0.3 is 15.2 Å². The lowest BCUT2D eigenvalue weighted by molar-refractivity contribution is -0.119. The number of hydrogen-bond donors (Lipinski definition) is 2. The molecule has 1 aliphatic heterocycles. The van der Waals surface area contributed by atoms with Crippen LogP contribution in [0, 0.1) is 11.7 Å². The van der Waals surface area contributed by atoms with Gasteiger partial charge in [0.15, 0.2) is 0 Å². The topological polar surface area (TPSA) is 86.7 Å². The number of fused-ring (bicyclic) bond motifs is 1. The molecule has 122 valence electrons. The minimum atomic E-state index is -1.13. The Morgan fingerprint density at radius 1 is 1.35 bits per heavy atom. The van der Waals surface area contributed by atoms with Crippen molar-refractivity contribution in [1.82, 2.24) is 4.90 Å². The van der Waals surface area contributed by atoms with Crippen molar-refractivity contribution in [2.75, 3.05) is 11.9 Å². The Morgan fingerprint density at radius 2 is 2.13 bits per heavy atom. The van der Waals surface area contributed by atoms with E-state index in [1.807, 2.05) is 0 Å². The number of aldehydes is 1. The smallest absolute Gasteiger partial charge is 0.407 e. The SMILES string of the molecule is O=CC1Cc2cc(NC(=O)[C@@H]3CCCN3C(=O)O)cc(F)c2C1. The molecular weight excluding hydrogens is 303 g/mol. The Balaban J connectivity index is 1.76. The van der Waals surface area contributed by atoms with E-state index in [0.717, 1.165) is 16.7 Å². The summed E-state index contributed by atoms with van der Waals surface area (Å²) in [4.78, 5) is 35.3. The summed E-state index contributed by atoms with van der Waals surface area (Å²) in [5, 5.41) is 11.7. The fraction of sp³-hybridized carbons (Fsp3) is 0.438. The molecule has 2 atom stereocenters. The van der Waals surface area contributed by atoms with Crippen LogP contribution in [0.15, 0.2) is 12.1 Å². The van der Waals surface area contributed by atoms with Crippen LogP contribution in [-0.4, -0.2) is 40.9 Å². The van der Waals surface area contributed by atoms with Crippen LogP contribution in [0.4, 0.5) is 14.9 Å². The first kappa shape index (κ1) is 15.5. The van der Waals surface area contributed by atoms with E-state index in [4.69, 9.17) is 5.11 Å². The van der Waals surface area contributed by atoms with E-state index in [1.54, 1.807) is 6.07 Å². The molecule has 6 nitrogen and oxygen atoms in total. The maximum atomic E-state index is 14.1. The van der Waals surface area contributed by atoms with Gasteiger partial charge in [0.2, 0.25) is 5.91 Å². The lowest BCUT2D eigenvalue weighted by atomic mass is 10.1. The molecule has 1 unspecified atom stereocenters. The third-order valence-corrected chi connectivity index (χ3v) is 4.50. The number of carbonyl (C=O) groups excluding carboxylic acids is 2. The largest absolute Gasteiger partial charge is 0.465 e. The van der Waals surface area contributed by atoms with Crippen molar-refractivity contribution < 1.29 is 23.9 Å². The molecule has 1 saturated heterocycles. The Morgan fingerprint density at radius 3 is 2.83 bits per heavy atom. The molecule has 1 heterocycles. The van der Waals surface area contributed by atoms with Gasteiger partial charge >= 0.3 is 6.09 Å². The first-order valence-corrected chi connectivity index (χ1v) is 7.56. The van der Waals surface area contributed by atoms with E-state index >= 15 is 0 Å². The molecule has 23 heavy (non-hydrogen) atoms. The number of anilines is 1. The van der Waals surface area contributed by atoms with E-state index in [2.05, 4.69) is 5.32 Å². The Labute approximate surface area is 132 Å². The molecule has 0 aromatic heterocycles. The van der Waals surface area contributed by atoms with Gasteiger partial charge in [-0.05, 0) is 48.9 Å². The number of carboxylic acid groups (broad SMARTS) is 1. The number of halogens is 1. The van der Waals surface area contributed by atoms with Crippen molar-refractivity contribution in [3.63, 3.8) is 0 Å². The lowest BCUT2D eigenvalue weighted by Gasteiger charge is -2.21. The maximum Gasteiger partial charge on any atom is 0.407 e. The molecule has 1 aliphatic carbocycles. The highest BCUT2D eigenvalue weighted by Crippen LogP contribution is 2.31. The van der Waals surface area contributed by atoms with E-state index in [-0.39, 0.29) is 5.92 Å². The summed E-state index contributed by atoms with van der Waals surface area (Å²) in [6.45, 7) is 0.326. The van der Waals surface area contributed by atoms with Gasteiger partial charge in [-0.1, -0.05) is 0 Å². The van der Waals surface area contributed by atoms with Crippen LogP contribution in [0.3, 0.4) is 0 Å². The molecule has 7 heteroatoms. The molecule has 3 rings (SSSR count). The van der Waals surface area contributed by atoms with Crippen LogP contribution >= 0.6 is 0 Å². The first-order chi connectivity index (χ1) is 11.0. The van der Waals surface area contributed by atoms with Crippen LogP contribution in [0.25, 0.3) is 0 Å². The Hall–Kier alpha value is -2.44. The lowest BCUT2D eigenvalue weighted by Crippen LogP contribution is -2.42. The predicted octanol–water partition coefficient (Wildman–Crippen LogP) is 1.82. The average molecular weight is 320 g/mol. The highest BCUT2D eigenvalue weighted by atomic mass is 19.1. The van der Waals surface area contributed by atoms with Gasteiger partial charge in [0.05, 0.1) is 0 Å². The molecule has 2 aliphatic rings. The highest BCUT2D eigenvalue weighted by Gasteiger charge is 2.34. The average Bonchev–Trinajstić information content (AvgIpc) is 3.13. The fourth-order valence-corrected chi connectivity index (χ4v) is 3.38. The minimum Gasteiger partial charge on any atom is -0.465 e. The maximum absolute atomic E-state index is 14.1. The molecule has 2 N–H and O–H groups in total. The number of likely N-dealkylation sites (tertiary alicyclic amines) is 1. The third-order valence-electron chi connectivity index (χ3n) is 4.50. The molecule has 0 spiro atoms. The van der Waals surface area contributed by atoms with Crippen molar-refractivity contribution in [2.45, 2.75) is 31.7 Å². The van der Waals surface area contributed by atoms with E-state index in [9.17, 15) is 18.8 Å². The van der Waals surface area contributed by atoms with E-state index < -0.39 is 23.9 Å². The van der Waals surface area contributed by atoms with Crippen molar-refractivity contribution in [2.24, 2.45) is 5.92 Å². The summed E-state index contributed by atoms with van der Waals surface area (Å²) < 4.78 is 14.1. The molecule has 2 amide bonds. The van der Waals surface area contributed by atoms with Crippen molar-refractivity contribution in [3.8, 4) is 0 Å². The summed E-state index contributed by atoms with van der Waals surface area (Å²) in [7, 11) is 0. The van der Waals surface area contributed by atoms with E-state index in [0.29, 0.717) is 43.5 Å². The van der Waals surface area contributed by atoms with Crippen molar-refractivity contribution >= 4 is 24.0 Å². The number of rotatable bonds is 3. The monoisotopic (exact) mass is 320 g/mol. The first-order valence-electron chi connectivity index (χ1n) is 7.56. The quantitative estimate of drug-likeness (QED) is 0.832. The fourth-order valence-electron chi connectivity index (χ4n) is 3.38. The zero-order valence-electron chi connectivity index (χ0n) is 12.4. The van der Waals surface area contributed by atoms with Gasteiger partial charge in [-0.2, -0.15) is 0 Å². The minimum absolute atomic E-state index is 0.220. The van der Waals surface area contributed by atoms with Gasteiger partial charge in [0.1, 0.15) is 18.1 Å². The number of hydrogen-bond acceptors (Lipinski definition) is 3. The highest BCUT2D eigenvalue weighted by molar-refractivity contribution is 5.96. The zero-order valence-corrected chi connectivity index (χ0v) is 12.4. The summed E-state index contributed by atoms with van der Waals surface area (Å²) in [5.41, 5.74) is 1.54. The van der Waals surface area contributed by atoms with Crippen LogP contribution in [-0.2, 0) is 22.4 Å². The van der Waals surface area contributed by atoms with Crippen molar-refractivity contribution in [1.29, 1.82) is 0 Å². The number of nitrogens with zero attached hydrogens (tertiary/aromatic N) is 1. The van der Waals surface area contributed by atoms with Crippen LogP contribution in [0.1, 0.15) is 24.0 Å². The van der Waals surface area contributed by atoms with Gasteiger partial charge in [-0.25, -0.2) is 9.18 Å². The van der Waals surface area contributed by atoms with Gasteiger partial charge in [-0.15, -0.1) is 0 Å². The van der Waals surface area contributed by atoms with Crippen LogP contribution in [0.2, 0.25) is 0 Å². The molecular formula is C16H17FN2O4. The van der Waals surface area contributed by atoms with Gasteiger partial charge in [0, 0.05) is 18.2 Å². The normalized spacial score (nSPS) is 22.7. The summed E-state index contributed by atoms with van der Waals surface area (Å²) in [6.07, 6.45) is 1.62. The number of carbonyl (C=O) groups is 3. The van der Waals surface area contributed by atoms with Crippen LogP contribution < -0.4 is 5.32 Å². The Bertz CT molecular complexity index is 676. The Kier molecular flexibility index (Phi) is 4.02. The molecule has 0 saturated carbocycles. The second-order valence-corrected chi connectivity index (χ2v) is 6.02. The second kappa shape index (κ2) is 5.98. The molecule has 1 aromatic carbocycles. The molecule has 1 aromatic rings. The second-order valence-electron chi connectivity index (χ2n) is 6.02.